The summed E-state index contributed by atoms with van der Waals surface area (Å²) in [5, 5.41) is 0. The normalized spacial score (nSPS) is 11.4. The van der Waals surface area contributed by atoms with Gasteiger partial charge >= 0.3 is 6.18 Å². The summed E-state index contributed by atoms with van der Waals surface area (Å²) in [6, 6.07) is 4.18. The summed E-state index contributed by atoms with van der Waals surface area (Å²) in [6.45, 7) is 5.45. The van der Waals surface area contributed by atoms with Crippen molar-refractivity contribution in [1.82, 2.24) is 0 Å². The van der Waals surface area contributed by atoms with Gasteiger partial charge in [-0.3, -0.25) is 0 Å². The van der Waals surface area contributed by atoms with E-state index >= 15 is 0 Å². The van der Waals surface area contributed by atoms with Crippen LogP contribution in [0, 0.1) is 6.92 Å². The smallest absolute Gasteiger partial charge is 0.197 e. The highest BCUT2D eigenvalue weighted by molar-refractivity contribution is 7.59. The molecule has 1 rings (SSSR count). The van der Waals surface area contributed by atoms with Crippen molar-refractivity contribution in [3.8, 4) is 0 Å². The van der Waals surface area contributed by atoms with E-state index in [0.717, 1.165) is 5.56 Å². The largest absolute Gasteiger partial charge is 0.416 e. The maximum absolute atomic E-state index is 12.4. The van der Waals surface area contributed by atoms with Crippen LogP contribution in [0.2, 0.25) is 0 Å². The summed E-state index contributed by atoms with van der Waals surface area (Å²) in [4.78, 5) is 0. The molecule has 0 unspecified atom stereocenters. The van der Waals surface area contributed by atoms with Gasteiger partial charge in [0.2, 0.25) is 0 Å². The average molecular weight is 236 g/mol. The highest BCUT2D eigenvalue weighted by Crippen LogP contribution is 2.32. The van der Waals surface area contributed by atoms with Crippen molar-refractivity contribution in [2.75, 3.05) is 0 Å². The number of halogens is 3. The molecule has 0 heterocycles. The molecule has 0 aliphatic heterocycles. The molecule has 0 spiro atoms. The quantitative estimate of drug-likeness (QED) is 0.683. The van der Waals surface area contributed by atoms with E-state index in [4.69, 9.17) is 0 Å². The molecular weight excluding hydrogens is 221 g/mol. The Hall–Kier alpha value is -0.640. The average Bonchev–Trinajstić information content (AvgIpc) is 2.01. The van der Waals surface area contributed by atoms with Crippen molar-refractivity contribution in [2.45, 2.75) is 32.9 Å². The van der Waals surface area contributed by atoms with Gasteiger partial charge in [-0.1, -0.05) is 25.5 Å². The molecule has 86 valence electrons. The van der Waals surface area contributed by atoms with Gasteiger partial charge in [-0.05, 0) is 30.5 Å². The Balaban J connectivity index is 0.00000196. The van der Waals surface area contributed by atoms with Gasteiger partial charge in [0, 0.05) is 0 Å². The number of benzene rings is 1. The van der Waals surface area contributed by atoms with E-state index < -0.39 is 11.7 Å². The Morgan fingerprint density at radius 3 is 2.00 bits per heavy atom. The minimum atomic E-state index is -4.24. The lowest BCUT2D eigenvalue weighted by molar-refractivity contribution is -0.137. The number of alkyl halides is 3. The summed E-state index contributed by atoms with van der Waals surface area (Å²) in [5.74, 6) is 0.121. The van der Waals surface area contributed by atoms with E-state index in [-0.39, 0.29) is 19.4 Å². The molecule has 0 saturated carbocycles. The molecule has 1 aromatic rings. The van der Waals surface area contributed by atoms with Crippen molar-refractivity contribution in [3.05, 3.63) is 34.9 Å². The van der Waals surface area contributed by atoms with Crippen LogP contribution in [0.4, 0.5) is 13.2 Å². The first-order chi connectivity index (χ1) is 6.30. The van der Waals surface area contributed by atoms with Crippen LogP contribution in [0.3, 0.4) is 0 Å². The van der Waals surface area contributed by atoms with Gasteiger partial charge in [0.25, 0.3) is 0 Å². The Bertz CT molecular complexity index is 329. The predicted molar refractivity (Wildman–Crippen MR) is 60.7 cm³/mol. The zero-order chi connectivity index (χ0) is 10.9. The summed E-state index contributed by atoms with van der Waals surface area (Å²) < 4.78 is 37.2. The Morgan fingerprint density at radius 1 is 1.07 bits per heavy atom. The molecule has 0 amide bonds. The van der Waals surface area contributed by atoms with E-state index in [9.17, 15) is 13.2 Å². The van der Waals surface area contributed by atoms with Crippen LogP contribution in [-0.2, 0) is 6.18 Å². The van der Waals surface area contributed by atoms with Crippen molar-refractivity contribution in [3.63, 3.8) is 0 Å². The first-order valence-corrected chi connectivity index (χ1v) is 4.49. The monoisotopic (exact) mass is 236 g/mol. The molecule has 0 fully saturated rings. The molecule has 15 heavy (non-hydrogen) atoms. The maximum Gasteiger partial charge on any atom is 0.416 e. The van der Waals surface area contributed by atoms with Gasteiger partial charge in [-0.15, -0.1) is 0 Å². The van der Waals surface area contributed by atoms with E-state index in [1.165, 1.54) is 12.1 Å². The lowest BCUT2D eigenvalue weighted by atomic mass is 9.98. The highest BCUT2D eigenvalue weighted by atomic mass is 32.1. The molecule has 4 heteroatoms. The summed E-state index contributed by atoms with van der Waals surface area (Å²) in [5.41, 5.74) is 0.835. The van der Waals surface area contributed by atoms with Crippen LogP contribution in [-0.4, -0.2) is 0 Å². The zero-order valence-electron chi connectivity index (χ0n) is 8.94. The van der Waals surface area contributed by atoms with E-state index in [0.29, 0.717) is 5.56 Å². The third-order valence-corrected chi connectivity index (χ3v) is 2.09. The molecular formula is C11H15F3S. The Kier molecular flexibility index (Phi) is 4.71. The second kappa shape index (κ2) is 4.92. The molecule has 0 aliphatic rings. The molecule has 0 saturated heterocycles. The van der Waals surface area contributed by atoms with Crippen LogP contribution in [0.1, 0.15) is 36.5 Å². The SMILES string of the molecule is Cc1cc(C(C)C)cc(C(F)(F)F)c1.S. The van der Waals surface area contributed by atoms with Crippen molar-refractivity contribution in [2.24, 2.45) is 0 Å². The predicted octanol–water partition coefficient (Wildman–Crippen LogP) is 4.25. The maximum atomic E-state index is 12.4. The number of rotatable bonds is 1. The van der Waals surface area contributed by atoms with E-state index in [2.05, 4.69) is 0 Å². The fourth-order valence-electron chi connectivity index (χ4n) is 1.31. The van der Waals surface area contributed by atoms with Gasteiger partial charge in [0.15, 0.2) is 0 Å². The number of hydrogen-bond donors (Lipinski definition) is 0. The fraction of sp³-hybridized carbons (Fsp3) is 0.455. The summed E-state index contributed by atoms with van der Waals surface area (Å²) in [7, 11) is 0. The van der Waals surface area contributed by atoms with Crippen LogP contribution in [0.25, 0.3) is 0 Å². The topological polar surface area (TPSA) is 0 Å². The zero-order valence-corrected chi connectivity index (χ0v) is 9.94. The molecule has 0 nitrogen and oxygen atoms in total. The van der Waals surface area contributed by atoms with Crippen molar-refractivity contribution >= 4 is 13.5 Å². The van der Waals surface area contributed by atoms with Crippen LogP contribution < -0.4 is 0 Å². The fourth-order valence-corrected chi connectivity index (χ4v) is 1.31. The standard InChI is InChI=1S/C11H13F3.H2S/c1-7(2)9-4-8(3)5-10(6-9)11(12,13)14;/h4-7H,1-3H3;1H2. The number of hydrogen-bond acceptors (Lipinski definition) is 0. The van der Waals surface area contributed by atoms with Gasteiger partial charge in [0.05, 0.1) is 5.56 Å². The summed E-state index contributed by atoms with van der Waals surface area (Å²) in [6.07, 6.45) is -4.24. The molecule has 0 radical (unpaired) electrons. The van der Waals surface area contributed by atoms with Gasteiger partial charge in [0.1, 0.15) is 0 Å². The molecule has 0 N–H and O–H groups in total. The van der Waals surface area contributed by atoms with Crippen LogP contribution in [0.5, 0.6) is 0 Å². The Labute approximate surface area is 94.9 Å². The Morgan fingerprint density at radius 2 is 1.60 bits per heavy atom. The third-order valence-electron chi connectivity index (χ3n) is 2.09. The van der Waals surface area contributed by atoms with Crippen molar-refractivity contribution < 1.29 is 13.2 Å². The molecule has 0 aromatic heterocycles. The van der Waals surface area contributed by atoms with Gasteiger partial charge < -0.3 is 0 Å². The molecule has 0 aliphatic carbocycles. The minimum Gasteiger partial charge on any atom is -0.197 e. The van der Waals surface area contributed by atoms with Crippen LogP contribution >= 0.6 is 13.5 Å². The number of aryl methyl sites for hydroxylation is 1. The first kappa shape index (κ1) is 14.4. The minimum absolute atomic E-state index is 0. The second-order valence-electron chi connectivity index (χ2n) is 3.78. The molecule has 1 aromatic carbocycles. The highest BCUT2D eigenvalue weighted by Gasteiger charge is 2.30. The third kappa shape index (κ3) is 3.78. The molecule has 0 atom stereocenters. The second-order valence-corrected chi connectivity index (χ2v) is 3.78. The van der Waals surface area contributed by atoms with Gasteiger partial charge in [-0.2, -0.15) is 26.7 Å². The lowest BCUT2D eigenvalue weighted by Crippen LogP contribution is -2.06. The lowest BCUT2D eigenvalue weighted by Gasteiger charge is -2.12. The summed E-state index contributed by atoms with van der Waals surface area (Å²) >= 11 is 0. The van der Waals surface area contributed by atoms with Crippen molar-refractivity contribution in [1.29, 1.82) is 0 Å². The van der Waals surface area contributed by atoms with E-state index in [1.807, 2.05) is 13.8 Å². The van der Waals surface area contributed by atoms with Gasteiger partial charge in [-0.25, -0.2) is 0 Å². The molecule has 0 bridgehead atoms. The van der Waals surface area contributed by atoms with Crippen LogP contribution in [0.15, 0.2) is 18.2 Å². The first-order valence-electron chi connectivity index (χ1n) is 4.49. The van der Waals surface area contributed by atoms with E-state index in [1.54, 1.807) is 13.0 Å².